The predicted octanol–water partition coefficient (Wildman–Crippen LogP) is 2.91. The summed E-state index contributed by atoms with van der Waals surface area (Å²) in [6, 6.07) is 8.28. The smallest absolute Gasteiger partial charge is 0.222 e. The Morgan fingerprint density at radius 3 is 2.48 bits per heavy atom. The highest BCUT2D eigenvalue weighted by Crippen LogP contribution is 2.15. The van der Waals surface area contributed by atoms with Crippen LogP contribution in [-0.2, 0) is 4.79 Å². The number of halogens is 1. The summed E-state index contributed by atoms with van der Waals surface area (Å²) in [5.74, 6) is 1.06. The van der Waals surface area contributed by atoms with Crippen LogP contribution in [-0.4, -0.2) is 43.6 Å². The van der Waals surface area contributed by atoms with Crippen molar-refractivity contribution < 1.29 is 9.53 Å². The normalized spacial score (nSPS) is 13.6. The van der Waals surface area contributed by atoms with E-state index in [0.717, 1.165) is 18.7 Å². The van der Waals surface area contributed by atoms with E-state index in [1.165, 1.54) is 3.57 Å². The van der Waals surface area contributed by atoms with Gasteiger partial charge in [0.2, 0.25) is 5.91 Å². The van der Waals surface area contributed by atoms with Gasteiger partial charge >= 0.3 is 0 Å². The summed E-state index contributed by atoms with van der Waals surface area (Å²) < 4.78 is 7.10. The fourth-order valence-electron chi connectivity index (χ4n) is 1.79. The lowest BCUT2D eigenvalue weighted by Gasteiger charge is -2.23. The second kappa shape index (κ2) is 9.25. The fourth-order valence-corrected chi connectivity index (χ4v) is 2.15. The van der Waals surface area contributed by atoms with Crippen LogP contribution in [0.1, 0.15) is 26.7 Å². The molecule has 0 radical (unpaired) electrons. The molecule has 0 heterocycles. The van der Waals surface area contributed by atoms with Crippen LogP contribution in [0.4, 0.5) is 0 Å². The van der Waals surface area contributed by atoms with Gasteiger partial charge in [-0.2, -0.15) is 0 Å². The number of rotatable bonds is 8. The van der Waals surface area contributed by atoms with E-state index in [9.17, 15) is 4.79 Å². The zero-order chi connectivity index (χ0) is 15.8. The lowest BCUT2D eigenvalue weighted by atomic mass is 10.2. The third-order valence-electron chi connectivity index (χ3n) is 3.37. The number of carbonyl (C=O) groups is 1. The number of nitrogens with one attached hydrogen (secondary N) is 1. The number of carbonyl (C=O) groups excluding carboxylic acids is 1. The molecule has 0 aliphatic carbocycles. The standard InChI is InChI=1S/C16H25IN2O2/c1-12(18-11-5-6-16(20)19(3)4)13(2)21-15-9-7-14(17)8-10-15/h7-10,12-13,18H,5-6,11H2,1-4H3. The van der Waals surface area contributed by atoms with Crippen molar-refractivity contribution in [2.45, 2.75) is 38.8 Å². The van der Waals surface area contributed by atoms with E-state index in [1.54, 1.807) is 19.0 Å². The van der Waals surface area contributed by atoms with Crippen molar-refractivity contribution in [3.05, 3.63) is 27.8 Å². The summed E-state index contributed by atoms with van der Waals surface area (Å²) >= 11 is 2.28. The molecule has 5 heteroatoms. The summed E-state index contributed by atoms with van der Waals surface area (Å²) in [7, 11) is 3.57. The average Bonchev–Trinajstić information content (AvgIpc) is 2.45. The Hall–Kier alpha value is -0.820. The first kappa shape index (κ1) is 18.2. The van der Waals surface area contributed by atoms with E-state index in [1.807, 2.05) is 24.3 Å². The molecule has 1 N–H and O–H groups in total. The van der Waals surface area contributed by atoms with Crippen molar-refractivity contribution in [1.29, 1.82) is 0 Å². The van der Waals surface area contributed by atoms with Crippen LogP contribution in [0, 0.1) is 3.57 Å². The van der Waals surface area contributed by atoms with E-state index < -0.39 is 0 Å². The Labute approximate surface area is 141 Å². The molecule has 118 valence electrons. The number of amides is 1. The quantitative estimate of drug-likeness (QED) is 0.535. The molecule has 1 rings (SSSR count). The largest absolute Gasteiger partial charge is 0.489 e. The first-order valence-electron chi connectivity index (χ1n) is 7.26. The highest BCUT2D eigenvalue weighted by atomic mass is 127. The third kappa shape index (κ3) is 7.13. The number of hydrogen-bond acceptors (Lipinski definition) is 3. The van der Waals surface area contributed by atoms with Gasteiger partial charge in [0.05, 0.1) is 0 Å². The third-order valence-corrected chi connectivity index (χ3v) is 4.09. The van der Waals surface area contributed by atoms with Gasteiger partial charge < -0.3 is 15.0 Å². The van der Waals surface area contributed by atoms with Crippen molar-refractivity contribution in [2.24, 2.45) is 0 Å². The molecule has 0 aliphatic heterocycles. The van der Waals surface area contributed by atoms with Gasteiger partial charge in [0.25, 0.3) is 0 Å². The predicted molar refractivity (Wildman–Crippen MR) is 94.6 cm³/mol. The van der Waals surface area contributed by atoms with E-state index in [-0.39, 0.29) is 18.1 Å². The zero-order valence-corrected chi connectivity index (χ0v) is 15.4. The Balaban J connectivity index is 2.26. The number of ether oxygens (including phenoxy) is 1. The maximum absolute atomic E-state index is 11.5. The fraction of sp³-hybridized carbons (Fsp3) is 0.562. The molecule has 0 aromatic heterocycles. The topological polar surface area (TPSA) is 41.6 Å². The summed E-state index contributed by atoms with van der Waals surface area (Å²) in [5.41, 5.74) is 0. The van der Waals surface area contributed by atoms with Crippen LogP contribution in [0.5, 0.6) is 5.75 Å². The monoisotopic (exact) mass is 404 g/mol. The van der Waals surface area contributed by atoms with E-state index in [2.05, 4.69) is 41.8 Å². The molecular weight excluding hydrogens is 379 g/mol. The molecule has 0 bridgehead atoms. The highest BCUT2D eigenvalue weighted by molar-refractivity contribution is 14.1. The Bertz CT molecular complexity index is 434. The second-order valence-electron chi connectivity index (χ2n) is 5.41. The number of hydrogen-bond donors (Lipinski definition) is 1. The lowest BCUT2D eigenvalue weighted by molar-refractivity contribution is -0.128. The van der Waals surface area contributed by atoms with Crippen molar-refractivity contribution in [2.75, 3.05) is 20.6 Å². The minimum atomic E-state index is 0.0783. The van der Waals surface area contributed by atoms with Gasteiger partial charge in [-0.1, -0.05) is 0 Å². The van der Waals surface area contributed by atoms with Crippen LogP contribution < -0.4 is 10.1 Å². The molecule has 1 aromatic rings. The van der Waals surface area contributed by atoms with Gasteiger partial charge in [0.1, 0.15) is 11.9 Å². The summed E-state index contributed by atoms with van der Waals surface area (Å²) in [4.78, 5) is 13.1. The van der Waals surface area contributed by atoms with E-state index >= 15 is 0 Å². The van der Waals surface area contributed by atoms with Gasteiger partial charge in [-0.3, -0.25) is 4.79 Å². The molecule has 4 nitrogen and oxygen atoms in total. The van der Waals surface area contributed by atoms with Gasteiger partial charge in [-0.05, 0) is 73.7 Å². The maximum atomic E-state index is 11.5. The summed E-state index contributed by atoms with van der Waals surface area (Å²) in [6.07, 6.45) is 1.51. The summed E-state index contributed by atoms with van der Waals surface area (Å²) in [6.45, 7) is 4.98. The first-order valence-corrected chi connectivity index (χ1v) is 8.33. The number of nitrogens with zero attached hydrogens (tertiary/aromatic N) is 1. The maximum Gasteiger partial charge on any atom is 0.222 e. The molecule has 2 atom stereocenters. The van der Waals surface area contributed by atoms with Gasteiger partial charge in [-0.15, -0.1) is 0 Å². The minimum Gasteiger partial charge on any atom is -0.489 e. The van der Waals surface area contributed by atoms with Crippen molar-refractivity contribution in [1.82, 2.24) is 10.2 Å². The van der Waals surface area contributed by atoms with Crippen molar-refractivity contribution in [3.8, 4) is 5.75 Å². The Morgan fingerprint density at radius 1 is 1.29 bits per heavy atom. The number of benzene rings is 1. The molecule has 2 unspecified atom stereocenters. The zero-order valence-electron chi connectivity index (χ0n) is 13.2. The SMILES string of the molecule is CC(NCCCC(=O)N(C)C)C(C)Oc1ccc(I)cc1. The molecule has 21 heavy (non-hydrogen) atoms. The van der Waals surface area contributed by atoms with Crippen LogP contribution in [0.3, 0.4) is 0 Å². The van der Waals surface area contributed by atoms with Crippen molar-refractivity contribution in [3.63, 3.8) is 0 Å². The highest BCUT2D eigenvalue weighted by Gasteiger charge is 2.13. The minimum absolute atomic E-state index is 0.0783. The van der Waals surface area contributed by atoms with Crippen LogP contribution in [0.2, 0.25) is 0 Å². The van der Waals surface area contributed by atoms with E-state index in [0.29, 0.717) is 6.42 Å². The van der Waals surface area contributed by atoms with Crippen LogP contribution >= 0.6 is 22.6 Å². The molecule has 0 saturated carbocycles. The van der Waals surface area contributed by atoms with Crippen LogP contribution in [0.15, 0.2) is 24.3 Å². The van der Waals surface area contributed by atoms with Gasteiger partial charge in [0, 0.05) is 30.1 Å². The van der Waals surface area contributed by atoms with Gasteiger partial charge in [0.15, 0.2) is 0 Å². The molecule has 0 spiro atoms. The Kier molecular flexibility index (Phi) is 8.03. The van der Waals surface area contributed by atoms with Gasteiger partial charge in [-0.25, -0.2) is 0 Å². The molecule has 1 aromatic carbocycles. The van der Waals surface area contributed by atoms with Crippen molar-refractivity contribution >= 4 is 28.5 Å². The Morgan fingerprint density at radius 2 is 1.90 bits per heavy atom. The molecule has 0 aliphatic rings. The molecular formula is C16H25IN2O2. The first-order chi connectivity index (χ1) is 9.90. The van der Waals surface area contributed by atoms with Crippen LogP contribution in [0.25, 0.3) is 0 Å². The molecule has 0 fully saturated rings. The second-order valence-corrected chi connectivity index (χ2v) is 6.66. The van der Waals surface area contributed by atoms with E-state index in [4.69, 9.17) is 4.74 Å². The summed E-state index contributed by atoms with van der Waals surface area (Å²) in [5, 5.41) is 3.41. The average molecular weight is 404 g/mol. The molecule has 1 amide bonds. The molecule has 0 saturated heterocycles. The lowest BCUT2D eigenvalue weighted by Crippen LogP contribution is -2.39.